The summed E-state index contributed by atoms with van der Waals surface area (Å²) < 4.78 is 0. The number of carbonyl (C=O) groups is 4. The second kappa shape index (κ2) is 10.8. The van der Waals surface area contributed by atoms with E-state index in [0.717, 1.165) is 19.3 Å². The quantitative estimate of drug-likeness (QED) is 0.462. The number of amides is 1. The lowest BCUT2D eigenvalue weighted by molar-refractivity contribution is -0.149. The number of nitrogens with zero attached hydrogens (tertiary/aromatic N) is 1. The van der Waals surface area contributed by atoms with Crippen LogP contribution in [0.3, 0.4) is 0 Å². The van der Waals surface area contributed by atoms with E-state index in [9.17, 15) is 24.3 Å². The topological polar surface area (TPSA) is 132 Å². The van der Waals surface area contributed by atoms with Crippen molar-refractivity contribution in [1.82, 2.24) is 4.90 Å². The Labute approximate surface area is 172 Å². The highest BCUT2D eigenvalue weighted by molar-refractivity contribution is 7.99. The number of hydrogen-bond donors (Lipinski definition) is 3. The van der Waals surface area contributed by atoms with Gasteiger partial charge in [0.15, 0.2) is 0 Å². The molecule has 2 atom stereocenters. The molecule has 1 heterocycles. The van der Waals surface area contributed by atoms with Crippen molar-refractivity contribution in [1.29, 1.82) is 0 Å². The average Bonchev–Trinajstić information content (AvgIpc) is 3.12. The molecule has 0 aromatic heterocycles. The molecule has 0 bridgehead atoms. The summed E-state index contributed by atoms with van der Waals surface area (Å²) in [4.78, 5) is 47.3. The van der Waals surface area contributed by atoms with E-state index >= 15 is 0 Å². The van der Waals surface area contributed by atoms with Crippen LogP contribution in [0.4, 0.5) is 0 Å². The van der Waals surface area contributed by atoms with Gasteiger partial charge in [0.25, 0.3) is 0 Å². The molecule has 1 aliphatic rings. The molecule has 2 rings (SSSR count). The summed E-state index contributed by atoms with van der Waals surface area (Å²) in [6.07, 6.45) is 4.00. The average molecular weight is 423 g/mol. The number of unbranched alkanes of at least 4 members (excludes halogenated alkanes) is 4. The largest absolute Gasteiger partial charge is 0.481 e. The Morgan fingerprint density at radius 2 is 1.48 bits per heavy atom. The van der Waals surface area contributed by atoms with Crippen LogP contribution < -0.4 is 0 Å². The maximum absolute atomic E-state index is 12.8. The van der Waals surface area contributed by atoms with E-state index in [4.69, 9.17) is 10.2 Å². The molecule has 1 unspecified atom stereocenters. The van der Waals surface area contributed by atoms with Gasteiger partial charge >= 0.3 is 17.9 Å². The first kappa shape index (κ1) is 22.7. The normalized spacial score (nSPS) is 18.6. The minimum absolute atomic E-state index is 0.132. The number of aromatic carboxylic acids is 1. The molecule has 3 N–H and O–H groups in total. The Morgan fingerprint density at radius 3 is 2.03 bits per heavy atom. The van der Waals surface area contributed by atoms with Gasteiger partial charge in [-0.05, 0) is 30.5 Å². The van der Waals surface area contributed by atoms with E-state index in [-0.39, 0.29) is 30.1 Å². The van der Waals surface area contributed by atoms with Crippen LogP contribution >= 0.6 is 11.8 Å². The molecule has 29 heavy (non-hydrogen) atoms. The molecule has 1 aromatic rings. The summed E-state index contributed by atoms with van der Waals surface area (Å²) in [5.74, 6) is -2.87. The third-order valence-electron chi connectivity index (χ3n) is 4.80. The summed E-state index contributed by atoms with van der Waals surface area (Å²) in [5.41, 5.74) is 0.832. The maximum Gasteiger partial charge on any atom is 0.335 e. The first-order valence-corrected chi connectivity index (χ1v) is 10.6. The highest BCUT2D eigenvalue weighted by Gasteiger charge is 2.41. The van der Waals surface area contributed by atoms with E-state index < -0.39 is 29.3 Å². The second-order valence-corrected chi connectivity index (χ2v) is 8.04. The minimum atomic E-state index is -1.05. The highest BCUT2D eigenvalue weighted by Crippen LogP contribution is 2.42. The fraction of sp³-hybridized carbons (Fsp3) is 0.500. The summed E-state index contributed by atoms with van der Waals surface area (Å²) in [6.45, 7) is 0. The van der Waals surface area contributed by atoms with Crippen molar-refractivity contribution < 1.29 is 34.5 Å². The van der Waals surface area contributed by atoms with E-state index in [1.54, 1.807) is 12.1 Å². The first-order valence-electron chi connectivity index (χ1n) is 9.52. The number of carboxylic acid groups (broad SMARTS) is 3. The zero-order valence-corrected chi connectivity index (χ0v) is 16.8. The van der Waals surface area contributed by atoms with Gasteiger partial charge in [0.1, 0.15) is 11.4 Å². The number of hydrogen-bond acceptors (Lipinski definition) is 5. The molecule has 158 valence electrons. The van der Waals surface area contributed by atoms with E-state index in [1.165, 1.54) is 28.8 Å². The van der Waals surface area contributed by atoms with Crippen LogP contribution in [0.1, 0.15) is 66.2 Å². The molecule has 1 fully saturated rings. The van der Waals surface area contributed by atoms with Crippen molar-refractivity contribution in [3.63, 3.8) is 0 Å². The van der Waals surface area contributed by atoms with Crippen molar-refractivity contribution >= 4 is 35.6 Å². The van der Waals surface area contributed by atoms with Crippen molar-refractivity contribution in [2.45, 2.75) is 56.4 Å². The number of aliphatic carboxylic acids is 2. The van der Waals surface area contributed by atoms with Gasteiger partial charge in [0.05, 0.1) is 5.56 Å². The van der Waals surface area contributed by atoms with E-state index in [2.05, 4.69) is 0 Å². The number of rotatable bonds is 11. The molecular weight excluding hydrogens is 398 g/mol. The molecule has 1 aromatic carbocycles. The van der Waals surface area contributed by atoms with Crippen LogP contribution in [-0.4, -0.2) is 55.8 Å². The number of benzene rings is 1. The highest BCUT2D eigenvalue weighted by atomic mass is 32.2. The number of thioether (sulfide) groups is 1. The standard InChI is InChI=1S/C20H25NO7S/c22-16(6-4-2-1-3-5-7-17(23)24)21-15(20(27)28)12-29-18(21)13-8-10-14(11-9-13)19(25)26/h8-11,15,18H,1-7,12H2,(H,23,24)(H,25,26)(H,27,28)/t15-,18?/m0/s1. The fourth-order valence-electron chi connectivity index (χ4n) is 3.26. The smallest absolute Gasteiger partial charge is 0.335 e. The summed E-state index contributed by atoms with van der Waals surface area (Å²) in [6, 6.07) is 5.23. The van der Waals surface area contributed by atoms with E-state index in [1.807, 2.05) is 0 Å². The molecular formula is C20H25NO7S. The predicted molar refractivity (Wildman–Crippen MR) is 107 cm³/mol. The SMILES string of the molecule is O=C(O)CCCCCCCC(=O)N1C(c2ccc(C(=O)O)cc2)SC[C@H]1C(=O)O. The van der Waals surface area contributed by atoms with Gasteiger partial charge in [-0.3, -0.25) is 9.59 Å². The Balaban J connectivity index is 1.95. The zero-order valence-electron chi connectivity index (χ0n) is 16.0. The third kappa shape index (κ3) is 6.49. The second-order valence-electron chi connectivity index (χ2n) is 6.93. The monoisotopic (exact) mass is 423 g/mol. The van der Waals surface area contributed by atoms with Crippen LogP contribution in [0.5, 0.6) is 0 Å². The molecule has 1 saturated heterocycles. The van der Waals surface area contributed by atoms with E-state index in [0.29, 0.717) is 18.4 Å². The number of carbonyl (C=O) groups excluding carboxylic acids is 1. The Kier molecular flexibility index (Phi) is 8.50. The lowest BCUT2D eigenvalue weighted by Crippen LogP contribution is -2.42. The van der Waals surface area contributed by atoms with Crippen LogP contribution in [0.15, 0.2) is 24.3 Å². The molecule has 0 aliphatic carbocycles. The molecule has 1 aliphatic heterocycles. The Morgan fingerprint density at radius 1 is 0.897 bits per heavy atom. The van der Waals surface area contributed by atoms with Crippen molar-refractivity contribution in [2.75, 3.05) is 5.75 Å². The molecule has 8 nitrogen and oxygen atoms in total. The summed E-state index contributed by atoms with van der Waals surface area (Å²) >= 11 is 1.36. The Bertz CT molecular complexity index is 750. The van der Waals surface area contributed by atoms with Gasteiger partial charge in [-0.1, -0.05) is 31.4 Å². The molecule has 0 saturated carbocycles. The van der Waals surface area contributed by atoms with Crippen molar-refractivity contribution in [3.8, 4) is 0 Å². The summed E-state index contributed by atoms with van der Waals surface area (Å²) in [5, 5.41) is 26.7. The predicted octanol–water partition coefficient (Wildman–Crippen LogP) is 3.23. The lowest BCUT2D eigenvalue weighted by atomic mass is 10.1. The zero-order chi connectivity index (χ0) is 21.4. The summed E-state index contributed by atoms with van der Waals surface area (Å²) in [7, 11) is 0. The molecule has 0 radical (unpaired) electrons. The van der Waals surface area contributed by atoms with Gasteiger partial charge in [0.2, 0.25) is 5.91 Å². The van der Waals surface area contributed by atoms with Crippen molar-refractivity contribution in [3.05, 3.63) is 35.4 Å². The molecule has 9 heteroatoms. The third-order valence-corrected chi connectivity index (χ3v) is 6.12. The lowest BCUT2D eigenvalue weighted by Gasteiger charge is -2.28. The van der Waals surface area contributed by atoms with Gasteiger partial charge in [0, 0.05) is 18.6 Å². The maximum atomic E-state index is 12.8. The number of carboxylic acids is 3. The fourth-order valence-corrected chi connectivity index (χ4v) is 4.70. The van der Waals surface area contributed by atoms with Gasteiger partial charge in [-0.2, -0.15) is 0 Å². The van der Waals surface area contributed by atoms with Gasteiger partial charge in [-0.15, -0.1) is 11.8 Å². The van der Waals surface area contributed by atoms with Gasteiger partial charge in [-0.25, -0.2) is 9.59 Å². The van der Waals surface area contributed by atoms with Gasteiger partial charge < -0.3 is 20.2 Å². The Hall–Kier alpha value is -2.55. The van der Waals surface area contributed by atoms with Crippen LogP contribution in [0.25, 0.3) is 0 Å². The van der Waals surface area contributed by atoms with Crippen LogP contribution in [-0.2, 0) is 14.4 Å². The minimum Gasteiger partial charge on any atom is -0.481 e. The van der Waals surface area contributed by atoms with Crippen LogP contribution in [0, 0.1) is 0 Å². The van der Waals surface area contributed by atoms with Crippen molar-refractivity contribution in [2.24, 2.45) is 0 Å². The molecule has 0 spiro atoms. The molecule has 1 amide bonds. The first-order chi connectivity index (χ1) is 13.8. The van der Waals surface area contributed by atoms with Crippen LogP contribution in [0.2, 0.25) is 0 Å².